The Balaban J connectivity index is 1.80. The molecule has 0 aliphatic rings. The van der Waals surface area contributed by atoms with Gasteiger partial charge in [0.25, 0.3) is 5.91 Å². The number of nitrogens with one attached hydrogen (secondary N) is 1. The average Bonchev–Trinajstić information content (AvgIpc) is 3.23. The summed E-state index contributed by atoms with van der Waals surface area (Å²) in [4.78, 5) is 23.4. The topological polar surface area (TPSA) is 57.6 Å². The zero-order chi connectivity index (χ0) is 21.7. The molecule has 0 aliphatic heterocycles. The molecule has 156 valence electrons. The summed E-state index contributed by atoms with van der Waals surface area (Å²) in [5.41, 5.74) is 7.13. The summed E-state index contributed by atoms with van der Waals surface area (Å²) >= 11 is 1.65. The van der Waals surface area contributed by atoms with Gasteiger partial charge in [-0.25, -0.2) is 9.98 Å². The molecule has 0 unspecified atom stereocenters. The van der Waals surface area contributed by atoms with Crippen LogP contribution in [0.4, 0.5) is 5.69 Å². The zero-order valence-electron chi connectivity index (χ0n) is 18.2. The predicted octanol–water partition coefficient (Wildman–Crippen LogP) is 4.99. The molecule has 6 heteroatoms. The highest BCUT2D eigenvalue weighted by atomic mass is 32.1. The molecule has 1 amide bonds. The molecule has 1 heterocycles. The fourth-order valence-electron chi connectivity index (χ4n) is 3.08. The molecule has 0 radical (unpaired) electrons. The first-order valence-corrected chi connectivity index (χ1v) is 10.9. The van der Waals surface area contributed by atoms with Crippen molar-refractivity contribution in [2.24, 2.45) is 4.99 Å². The Kier molecular flexibility index (Phi) is 7.00. The number of aliphatic imine (C=N–C) groups is 1. The normalized spacial score (nSPS) is 11.1. The fourth-order valence-corrected chi connectivity index (χ4v) is 3.91. The van der Waals surface area contributed by atoms with Crippen LogP contribution >= 0.6 is 11.3 Å². The van der Waals surface area contributed by atoms with E-state index >= 15 is 0 Å². The summed E-state index contributed by atoms with van der Waals surface area (Å²) in [6.45, 7) is 7.25. The van der Waals surface area contributed by atoms with Gasteiger partial charge in [-0.1, -0.05) is 18.2 Å². The first-order chi connectivity index (χ1) is 14.4. The number of amides is 1. The molecule has 2 aromatic carbocycles. The summed E-state index contributed by atoms with van der Waals surface area (Å²) in [5.74, 6) is -0.0914. The van der Waals surface area contributed by atoms with Crippen LogP contribution in [0, 0.1) is 13.8 Å². The van der Waals surface area contributed by atoms with Gasteiger partial charge < -0.3 is 10.2 Å². The van der Waals surface area contributed by atoms with Crippen molar-refractivity contribution in [1.82, 2.24) is 15.2 Å². The number of carbonyl (C=O) groups excluding carboxylic acids is 1. The molecule has 0 saturated carbocycles. The smallest absolute Gasteiger partial charge is 0.251 e. The van der Waals surface area contributed by atoms with E-state index in [-0.39, 0.29) is 5.91 Å². The maximum Gasteiger partial charge on any atom is 0.251 e. The number of nitrogens with zero attached hydrogens (tertiary/aromatic N) is 3. The summed E-state index contributed by atoms with van der Waals surface area (Å²) in [7, 11) is 3.66. The number of aryl methyl sites for hydroxylation is 2. The second-order valence-corrected chi connectivity index (χ2v) is 8.29. The molecule has 1 N–H and O–H groups in total. The number of benzene rings is 2. The number of thiazole rings is 1. The van der Waals surface area contributed by atoms with Gasteiger partial charge in [0.05, 0.1) is 22.7 Å². The minimum Gasteiger partial charge on any atom is -0.366 e. The average molecular weight is 421 g/mol. The molecule has 0 aliphatic carbocycles. The van der Waals surface area contributed by atoms with Gasteiger partial charge in [-0.15, -0.1) is 11.3 Å². The van der Waals surface area contributed by atoms with Crippen LogP contribution in [0.25, 0.3) is 11.3 Å². The second kappa shape index (κ2) is 9.67. The number of hydrogen-bond donors (Lipinski definition) is 1. The first kappa shape index (κ1) is 21.7. The largest absolute Gasteiger partial charge is 0.366 e. The molecule has 1 aromatic heterocycles. The summed E-state index contributed by atoms with van der Waals surface area (Å²) in [6, 6.07) is 11.9. The van der Waals surface area contributed by atoms with Crippen LogP contribution in [-0.4, -0.2) is 42.8 Å². The minimum absolute atomic E-state index is 0.0914. The highest BCUT2D eigenvalue weighted by Gasteiger charge is 2.11. The molecule has 30 heavy (non-hydrogen) atoms. The van der Waals surface area contributed by atoms with Crippen molar-refractivity contribution in [2.45, 2.75) is 27.2 Å². The Morgan fingerprint density at radius 1 is 1.23 bits per heavy atom. The van der Waals surface area contributed by atoms with Gasteiger partial charge in [0.1, 0.15) is 0 Å². The van der Waals surface area contributed by atoms with Crippen LogP contribution in [0.2, 0.25) is 0 Å². The Morgan fingerprint density at radius 3 is 2.77 bits per heavy atom. The number of hydrogen-bond acceptors (Lipinski definition) is 4. The third-order valence-electron chi connectivity index (χ3n) is 5.09. The van der Waals surface area contributed by atoms with Gasteiger partial charge in [-0.05, 0) is 55.7 Å². The van der Waals surface area contributed by atoms with E-state index in [1.807, 2.05) is 37.7 Å². The van der Waals surface area contributed by atoms with E-state index < -0.39 is 0 Å². The lowest BCUT2D eigenvalue weighted by Crippen LogP contribution is -2.17. The van der Waals surface area contributed by atoms with E-state index in [0.29, 0.717) is 5.56 Å². The summed E-state index contributed by atoms with van der Waals surface area (Å²) in [5, 5.41) is 5.77. The third kappa shape index (κ3) is 5.13. The van der Waals surface area contributed by atoms with E-state index in [1.165, 1.54) is 11.1 Å². The van der Waals surface area contributed by atoms with E-state index in [4.69, 9.17) is 4.98 Å². The lowest BCUT2D eigenvalue weighted by atomic mass is 10.0. The van der Waals surface area contributed by atoms with E-state index in [9.17, 15) is 4.79 Å². The molecule has 5 nitrogen and oxygen atoms in total. The molecule has 0 bridgehead atoms. The molecule has 0 saturated heterocycles. The maximum atomic E-state index is 11.9. The van der Waals surface area contributed by atoms with Crippen LogP contribution in [-0.2, 0) is 6.42 Å². The standard InChI is InChI=1S/C24H28N4OS/c1-6-28(5)15-26-21-11-16(2)20(10-17(21)3)13-23-27-22(14-30-23)18-8-7-9-19(12-18)24(29)25-4/h7-12,14-15H,6,13H2,1-5H3,(H,25,29). The van der Waals surface area contributed by atoms with Crippen molar-refractivity contribution in [2.75, 3.05) is 20.6 Å². The number of rotatable bonds is 7. The molecular weight excluding hydrogens is 392 g/mol. The highest BCUT2D eigenvalue weighted by molar-refractivity contribution is 7.10. The van der Waals surface area contributed by atoms with Gasteiger partial charge in [0.2, 0.25) is 0 Å². The van der Waals surface area contributed by atoms with Crippen molar-refractivity contribution in [1.29, 1.82) is 0 Å². The summed E-state index contributed by atoms with van der Waals surface area (Å²) < 4.78 is 0. The fraction of sp³-hybridized carbons (Fsp3) is 0.292. The molecule has 0 fully saturated rings. The van der Waals surface area contributed by atoms with E-state index in [2.05, 4.69) is 53.5 Å². The maximum absolute atomic E-state index is 11.9. The number of aromatic nitrogens is 1. The molecule has 0 spiro atoms. The minimum atomic E-state index is -0.0914. The van der Waals surface area contributed by atoms with Gasteiger partial charge in [0, 0.05) is 43.6 Å². The Hall–Kier alpha value is -2.99. The van der Waals surface area contributed by atoms with Crippen molar-refractivity contribution in [3.63, 3.8) is 0 Å². The number of carbonyl (C=O) groups is 1. The molecule has 0 atom stereocenters. The van der Waals surface area contributed by atoms with Gasteiger partial charge in [0.15, 0.2) is 0 Å². The van der Waals surface area contributed by atoms with Gasteiger partial charge >= 0.3 is 0 Å². The lowest BCUT2D eigenvalue weighted by Gasteiger charge is -2.11. The van der Waals surface area contributed by atoms with Gasteiger partial charge in [-0.3, -0.25) is 4.79 Å². The quantitative estimate of drug-likeness (QED) is 0.433. The van der Waals surface area contributed by atoms with Crippen molar-refractivity contribution < 1.29 is 4.79 Å². The zero-order valence-corrected chi connectivity index (χ0v) is 19.0. The van der Waals surface area contributed by atoms with Crippen LogP contribution in [0.5, 0.6) is 0 Å². The van der Waals surface area contributed by atoms with Crippen LogP contribution < -0.4 is 5.32 Å². The monoisotopic (exact) mass is 420 g/mol. The van der Waals surface area contributed by atoms with Crippen LogP contribution in [0.15, 0.2) is 46.8 Å². The first-order valence-electron chi connectivity index (χ1n) is 10.0. The Morgan fingerprint density at radius 2 is 2.03 bits per heavy atom. The SMILES string of the molecule is CCN(C)C=Nc1cc(C)c(Cc2nc(-c3cccc(C(=O)NC)c3)cs2)cc1C. The van der Waals surface area contributed by atoms with E-state index in [1.54, 1.807) is 18.4 Å². The van der Waals surface area contributed by atoms with Crippen molar-refractivity contribution in [3.8, 4) is 11.3 Å². The molecule has 3 aromatic rings. The third-order valence-corrected chi connectivity index (χ3v) is 5.94. The van der Waals surface area contributed by atoms with Crippen LogP contribution in [0.3, 0.4) is 0 Å². The molecule has 3 rings (SSSR count). The van der Waals surface area contributed by atoms with E-state index in [0.717, 1.165) is 40.5 Å². The highest BCUT2D eigenvalue weighted by Crippen LogP contribution is 2.28. The lowest BCUT2D eigenvalue weighted by molar-refractivity contribution is 0.0963. The van der Waals surface area contributed by atoms with Crippen molar-refractivity contribution >= 4 is 29.3 Å². The van der Waals surface area contributed by atoms with Gasteiger partial charge in [-0.2, -0.15) is 0 Å². The second-order valence-electron chi connectivity index (χ2n) is 7.35. The predicted molar refractivity (Wildman–Crippen MR) is 126 cm³/mol. The van der Waals surface area contributed by atoms with Crippen LogP contribution in [0.1, 0.15) is 39.0 Å². The summed E-state index contributed by atoms with van der Waals surface area (Å²) in [6.07, 6.45) is 2.66. The Bertz CT molecular complexity index is 1070. The molecular formula is C24H28N4OS. The van der Waals surface area contributed by atoms with Crippen molar-refractivity contribution in [3.05, 3.63) is 69.0 Å². The Labute approximate surface area is 182 Å².